The van der Waals surface area contributed by atoms with Gasteiger partial charge in [-0.3, -0.25) is 9.59 Å². The zero-order chi connectivity index (χ0) is 25.8. The lowest BCUT2D eigenvalue weighted by atomic mass is 9.93. The van der Waals surface area contributed by atoms with Gasteiger partial charge < -0.3 is 24.2 Å². The lowest BCUT2D eigenvalue weighted by Crippen LogP contribution is -2.29. The molecule has 7 heteroatoms. The normalized spacial score (nSPS) is 16.8. The number of hydrogen-bond acceptors (Lipinski definition) is 6. The number of ether oxygens (including phenoxy) is 3. The first-order valence-electron chi connectivity index (χ1n) is 11.7. The molecule has 0 aliphatic carbocycles. The van der Waals surface area contributed by atoms with Crippen LogP contribution in [0.25, 0.3) is 5.76 Å². The summed E-state index contributed by atoms with van der Waals surface area (Å²) in [6.45, 7) is 4.46. The number of aliphatic hydroxyl groups is 1. The number of nitrogens with zero attached hydrogens (tertiary/aromatic N) is 1. The highest BCUT2D eigenvalue weighted by atomic mass is 16.5. The monoisotopic (exact) mass is 487 g/mol. The van der Waals surface area contributed by atoms with Gasteiger partial charge >= 0.3 is 0 Å². The third-order valence-corrected chi connectivity index (χ3v) is 6.25. The fraction of sp³-hybridized carbons (Fsp3) is 0.241. The molecule has 1 N–H and O–H groups in total. The maximum atomic E-state index is 13.3. The SMILES string of the molecule is CCOc1ccc(CN2C(=O)C(=O)/C(=C(\O)c3ccc(OC)cc3C)C2c2ccc(OC)cc2)cc1. The first-order chi connectivity index (χ1) is 17.4. The Morgan fingerprint density at radius 3 is 2.08 bits per heavy atom. The minimum atomic E-state index is -0.774. The fourth-order valence-corrected chi connectivity index (χ4v) is 4.40. The summed E-state index contributed by atoms with van der Waals surface area (Å²) in [5.41, 5.74) is 2.75. The van der Waals surface area contributed by atoms with Crippen LogP contribution in [0.5, 0.6) is 17.2 Å². The van der Waals surface area contributed by atoms with Gasteiger partial charge in [0.25, 0.3) is 11.7 Å². The Kier molecular flexibility index (Phi) is 7.29. The second-order valence-corrected chi connectivity index (χ2v) is 8.46. The topological polar surface area (TPSA) is 85.3 Å². The zero-order valence-corrected chi connectivity index (χ0v) is 20.8. The molecule has 186 valence electrons. The summed E-state index contributed by atoms with van der Waals surface area (Å²) in [7, 11) is 3.13. The lowest BCUT2D eigenvalue weighted by Gasteiger charge is -2.26. The highest BCUT2D eigenvalue weighted by Gasteiger charge is 2.46. The largest absolute Gasteiger partial charge is 0.507 e. The van der Waals surface area contributed by atoms with E-state index in [9.17, 15) is 14.7 Å². The zero-order valence-electron chi connectivity index (χ0n) is 20.8. The summed E-state index contributed by atoms with van der Waals surface area (Å²) >= 11 is 0. The Bertz CT molecular complexity index is 1290. The summed E-state index contributed by atoms with van der Waals surface area (Å²) in [6, 6.07) is 18.9. The van der Waals surface area contributed by atoms with Crippen LogP contribution in [0.4, 0.5) is 0 Å². The summed E-state index contributed by atoms with van der Waals surface area (Å²) in [4.78, 5) is 28.1. The van der Waals surface area contributed by atoms with Crippen molar-refractivity contribution in [2.24, 2.45) is 0 Å². The first-order valence-corrected chi connectivity index (χ1v) is 11.7. The van der Waals surface area contributed by atoms with Crippen molar-refractivity contribution in [3.63, 3.8) is 0 Å². The van der Waals surface area contributed by atoms with Gasteiger partial charge in [-0.25, -0.2) is 0 Å². The Labute approximate surface area is 210 Å². The molecule has 1 unspecified atom stereocenters. The van der Waals surface area contributed by atoms with Crippen LogP contribution >= 0.6 is 0 Å². The van der Waals surface area contributed by atoms with Gasteiger partial charge in [-0.05, 0) is 73.0 Å². The van der Waals surface area contributed by atoms with Crippen molar-refractivity contribution >= 4 is 17.4 Å². The van der Waals surface area contributed by atoms with Crippen LogP contribution in [0.1, 0.15) is 35.2 Å². The maximum Gasteiger partial charge on any atom is 0.295 e. The number of aryl methyl sites for hydroxylation is 1. The van der Waals surface area contributed by atoms with Crippen molar-refractivity contribution in [1.29, 1.82) is 0 Å². The third-order valence-electron chi connectivity index (χ3n) is 6.25. The van der Waals surface area contributed by atoms with E-state index in [2.05, 4.69) is 0 Å². The molecule has 36 heavy (non-hydrogen) atoms. The van der Waals surface area contributed by atoms with E-state index in [0.717, 1.165) is 16.9 Å². The lowest BCUT2D eigenvalue weighted by molar-refractivity contribution is -0.140. The van der Waals surface area contributed by atoms with Gasteiger partial charge in [-0.1, -0.05) is 24.3 Å². The van der Waals surface area contributed by atoms with E-state index in [1.165, 1.54) is 4.90 Å². The van der Waals surface area contributed by atoms with E-state index in [-0.39, 0.29) is 17.9 Å². The summed E-state index contributed by atoms with van der Waals surface area (Å²) < 4.78 is 16.1. The van der Waals surface area contributed by atoms with Gasteiger partial charge in [0.1, 0.15) is 23.0 Å². The second-order valence-electron chi connectivity index (χ2n) is 8.46. The molecule has 3 aromatic carbocycles. The Hall–Kier alpha value is -4.26. The average Bonchev–Trinajstić information content (AvgIpc) is 3.14. The molecular weight excluding hydrogens is 458 g/mol. The smallest absolute Gasteiger partial charge is 0.295 e. The molecule has 4 rings (SSSR count). The van der Waals surface area contributed by atoms with Gasteiger partial charge in [0.05, 0.1) is 32.4 Å². The van der Waals surface area contributed by atoms with Crippen LogP contribution in [-0.4, -0.2) is 42.5 Å². The molecule has 1 fully saturated rings. The van der Waals surface area contributed by atoms with Crippen LogP contribution in [-0.2, 0) is 16.1 Å². The van der Waals surface area contributed by atoms with E-state index in [4.69, 9.17) is 14.2 Å². The highest BCUT2D eigenvalue weighted by molar-refractivity contribution is 6.46. The molecule has 1 atom stereocenters. The van der Waals surface area contributed by atoms with Crippen molar-refractivity contribution < 1.29 is 28.9 Å². The number of amides is 1. The molecule has 7 nitrogen and oxygen atoms in total. The fourth-order valence-electron chi connectivity index (χ4n) is 4.40. The number of methoxy groups -OCH3 is 2. The quantitative estimate of drug-likeness (QED) is 0.272. The Morgan fingerprint density at radius 1 is 0.889 bits per heavy atom. The maximum absolute atomic E-state index is 13.3. The van der Waals surface area contributed by atoms with Crippen LogP contribution in [0, 0.1) is 6.92 Å². The highest BCUT2D eigenvalue weighted by Crippen LogP contribution is 2.41. The minimum Gasteiger partial charge on any atom is -0.507 e. The first kappa shape index (κ1) is 24.9. The Balaban J connectivity index is 1.81. The predicted molar refractivity (Wildman–Crippen MR) is 136 cm³/mol. The summed E-state index contributed by atoms with van der Waals surface area (Å²) in [6.07, 6.45) is 0. The van der Waals surface area contributed by atoms with E-state index in [1.807, 2.05) is 38.1 Å². The molecule has 3 aromatic rings. The van der Waals surface area contributed by atoms with Crippen LogP contribution in [0.15, 0.2) is 72.3 Å². The predicted octanol–water partition coefficient (Wildman–Crippen LogP) is 5.03. The molecule has 1 aliphatic heterocycles. The molecule has 0 aromatic heterocycles. The number of carbonyl (C=O) groups excluding carboxylic acids is 2. The number of benzene rings is 3. The molecule has 1 heterocycles. The average molecular weight is 488 g/mol. The van der Waals surface area contributed by atoms with Gasteiger partial charge in [-0.2, -0.15) is 0 Å². The van der Waals surface area contributed by atoms with Gasteiger partial charge in [0.2, 0.25) is 0 Å². The van der Waals surface area contributed by atoms with Crippen molar-refractivity contribution in [2.75, 3.05) is 20.8 Å². The number of ketones is 1. The number of carbonyl (C=O) groups is 2. The molecule has 1 saturated heterocycles. The minimum absolute atomic E-state index is 0.0457. The molecule has 0 spiro atoms. The third kappa shape index (κ3) is 4.77. The van der Waals surface area contributed by atoms with E-state index in [1.54, 1.807) is 56.7 Å². The van der Waals surface area contributed by atoms with E-state index >= 15 is 0 Å². The van der Waals surface area contributed by atoms with Crippen LogP contribution in [0.2, 0.25) is 0 Å². The van der Waals surface area contributed by atoms with Crippen molar-refractivity contribution in [3.8, 4) is 17.2 Å². The van der Waals surface area contributed by atoms with Gasteiger partial charge in [-0.15, -0.1) is 0 Å². The standard InChI is InChI=1S/C29H29NO6/c1-5-36-22-10-6-19(7-11-22)17-30-26(20-8-12-21(34-3)13-9-20)25(28(32)29(30)33)27(31)24-15-14-23(35-4)16-18(24)2/h6-16,26,31H,5,17H2,1-4H3/b27-25-. The molecule has 0 radical (unpaired) electrons. The number of rotatable bonds is 8. The van der Waals surface area contributed by atoms with E-state index < -0.39 is 17.7 Å². The number of Topliss-reactive ketones (excluding diaryl/α,β-unsaturated/α-hetero) is 1. The number of hydrogen-bond donors (Lipinski definition) is 1. The summed E-state index contributed by atoms with van der Waals surface area (Å²) in [5.74, 6) is 0.389. The van der Waals surface area contributed by atoms with Gasteiger partial charge in [0, 0.05) is 12.1 Å². The second kappa shape index (κ2) is 10.6. The number of likely N-dealkylation sites (tertiary alicyclic amines) is 1. The Morgan fingerprint density at radius 2 is 1.50 bits per heavy atom. The van der Waals surface area contributed by atoms with E-state index in [0.29, 0.717) is 29.2 Å². The van der Waals surface area contributed by atoms with Crippen molar-refractivity contribution in [3.05, 3.63) is 94.6 Å². The number of aliphatic hydroxyl groups excluding tert-OH is 1. The molecule has 0 bridgehead atoms. The molecule has 1 amide bonds. The van der Waals surface area contributed by atoms with Crippen LogP contribution in [0.3, 0.4) is 0 Å². The van der Waals surface area contributed by atoms with Crippen molar-refractivity contribution in [1.82, 2.24) is 4.90 Å². The van der Waals surface area contributed by atoms with Gasteiger partial charge in [0.15, 0.2) is 0 Å². The summed E-state index contributed by atoms with van der Waals surface area (Å²) in [5, 5.41) is 11.4. The molecular formula is C29H29NO6. The molecule has 0 saturated carbocycles. The van der Waals surface area contributed by atoms with Crippen LogP contribution < -0.4 is 14.2 Å². The van der Waals surface area contributed by atoms with Crippen molar-refractivity contribution in [2.45, 2.75) is 26.4 Å². The molecule has 1 aliphatic rings.